The van der Waals surface area contributed by atoms with Crippen LogP contribution in [0.4, 0.5) is 0 Å². The molecule has 0 aromatic heterocycles. The quantitative estimate of drug-likeness (QED) is 0.751. The molecule has 0 spiro atoms. The fourth-order valence-corrected chi connectivity index (χ4v) is 2.03. The number of benzene rings is 1. The molecule has 0 bridgehead atoms. The van der Waals surface area contributed by atoms with Crippen LogP contribution in [-0.4, -0.2) is 38.0 Å². The summed E-state index contributed by atoms with van der Waals surface area (Å²) >= 11 is 12.0. The molecule has 1 aromatic rings. The van der Waals surface area contributed by atoms with Crippen molar-refractivity contribution in [3.63, 3.8) is 0 Å². The van der Waals surface area contributed by atoms with E-state index in [4.69, 9.17) is 27.9 Å². The Morgan fingerprint density at radius 2 is 2.00 bits per heavy atom. The second kappa shape index (κ2) is 7.90. The van der Waals surface area contributed by atoms with E-state index in [0.717, 1.165) is 5.56 Å². The summed E-state index contributed by atoms with van der Waals surface area (Å²) in [6.07, 6.45) is -0.0670. The molecule has 0 fully saturated rings. The molecular formula is C12H17Cl2NO2. The van der Waals surface area contributed by atoms with Gasteiger partial charge in [-0.1, -0.05) is 29.3 Å². The minimum atomic E-state index is -0.510. The molecule has 0 heterocycles. The highest BCUT2D eigenvalue weighted by Gasteiger charge is 2.11. The molecule has 3 nitrogen and oxygen atoms in total. The highest BCUT2D eigenvalue weighted by molar-refractivity contribution is 6.35. The lowest BCUT2D eigenvalue weighted by Gasteiger charge is -2.13. The first kappa shape index (κ1) is 14.7. The second-order valence-electron chi connectivity index (χ2n) is 3.76. The average molecular weight is 278 g/mol. The molecular weight excluding hydrogens is 261 g/mol. The van der Waals surface area contributed by atoms with Crippen LogP contribution in [0.3, 0.4) is 0 Å². The minimum Gasteiger partial charge on any atom is -0.391 e. The van der Waals surface area contributed by atoms with Crippen molar-refractivity contribution in [2.75, 3.05) is 26.8 Å². The van der Waals surface area contributed by atoms with Gasteiger partial charge in [0.25, 0.3) is 0 Å². The van der Waals surface area contributed by atoms with Crippen LogP contribution in [0.25, 0.3) is 0 Å². The molecule has 1 unspecified atom stereocenters. The van der Waals surface area contributed by atoms with Crippen molar-refractivity contribution in [3.8, 4) is 0 Å². The first-order valence-electron chi connectivity index (χ1n) is 5.45. The maximum Gasteiger partial charge on any atom is 0.0705 e. The van der Waals surface area contributed by atoms with Gasteiger partial charge in [-0.05, 0) is 17.7 Å². The Bertz CT molecular complexity index is 327. The number of aliphatic hydroxyl groups excluding tert-OH is 1. The Labute approximate surface area is 112 Å². The van der Waals surface area contributed by atoms with Crippen LogP contribution in [0.5, 0.6) is 0 Å². The van der Waals surface area contributed by atoms with Crippen molar-refractivity contribution in [1.82, 2.24) is 5.32 Å². The summed E-state index contributed by atoms with van der Waals surface area (Å²) in [5.41, 5.74) is 0.789. The topological polar surface area (TPSA) is 41.5 Å². The van der Waals surface area contributed by atoms with Crippen LogP contribution in [-0.2, 0) is 11.2 Å². The van der Waals surface area contributed by atoms with Crippen LogP contribution >= 0.6 is 23.2 Å². The summed E-state index contributed by atoms with van der Waals surface area (Å²) in [7, 11) is 1.64. The summed E-state index contributed by atoms with van der Waals surface area (Å²) in [6.45, 7) is 1.83. The molecule has 96 valence electrons. The zero-order chi connectivity index (χ0) is 12.7. The number of hydrogen-bond acceptors (Lipinski definition) is 3. The average Bonchev–Trinajstić information content (AvgIpc) is 2.30. The van der Waals surface area contributed by atoms with E-state index < -0.39 is 6.10 Å². The Hall–Kier alpha value is -0.320. The van der Waals surface area contributed by atoms with Crippen molar-refractivity contribution >= 4 is 23.2 Å². The van der Waals surface area contributed by atoms with Crippen LogP contribution in [0.15, 0.2) is 18.2 Å². The number of methoxy groups -OCH3 is 1. The highest BCUT2D eigenvalue weighted by Crippen LogP contribution is 2.25. The standard InChI is InChI=1S/C12H17Cl2NO2/c1-17-6-5-15-8-9(16)7-10-11(13)3-2-4-12(10)14/h2-4,9,15-16H,5-8H2,1H3. The van der Waals surface area contributed by atoms with Crippen LogP contribution in [0.2, 0.25) is 10.0 Å². The Morgan fingerprint density at radius 1 is 1.35 bits per heavy atom. The van der Waals surface area contributed by atoms with Crippen molar-refractivity contribution in [1.29, 1.82) is 0 Å². The second-order valence-corrected chi connectivity index (χ2v) is 4.57. The van der Waals surface area contributed by atoms with Crippen molar-refractivity contribution < 1.29 is 9.84 Å². The number of ether oxygens (including phenoxy) is 1. The van der Waals surface area contributed by atoms with E-state index in [2.05, 4.69) is 5.32 Å². The lowest BCUT2D eigenvalue weighted by atomic mass is 10.1. The highest BCUT2D eigenvalue weighted by atomic mass is 35.5. The Morgan fingerprint density at radius 3 is 2.59 bits per heavy atom. The summed E-state index contributed by atoms with van der Waals surface area (Å²) in [4.78, 5) is 0. The van der Waals surface area contributed by atoms with E-state index >= 15 is 0 Å². The molecule has 0 aliphatic carbocycles. The zero-order valence-electron chi connectivity index (χ0n) is 9.75. The maximum atomic E-state index is 9.83. The predicted molar refractivity (Wildman–Crippen MR) is 70.9 cm³/mol. The van der Waals surface area contributed by atoms with Gasteiger partial charge in [-0.15, -0.1) is 0 Å². The lowest BCUT2D eigenvalue weighted by molar-refractivity contribution is 0.160. The maximum absolute atomic E-state index is 9.83. The number of aliphatic hydroxyl groups is 1. The third kappa shape index (κ3) is 5.23. The van der Waals surface area contributed by atoms with Crippen LogP contribution in [0.1, 0.15) is 5.56 Å². The summed E-state index contributed by atoms with van der Waals surface area (Å²) in [5.74, 6) is 0. The number of hydrogen-bond donors (Lipinski definition) is 2. The molecule has 5 heteroatoms. The third-order valence-electron chi connectivity index (χ3n) is 2.36. The molecule has 0 radical (unpaired) electrons. The van der Waals surface area contributed by atoms with Gasteiger partial charge in [0.2, 0.25) is 0 Å². The lowest BCUT2D eigenvalue weighted by Crippen LogP contribution is -2.30. The first-order valence-corrected chi connectivity index (χ1v) is 6.21. The fraction of sp³-hybridized carbons (Fsp3) is 0.500. The Kier molecular flexibility index (Phi) is 6.85. The summed E-state index contributed by atoms with van der Waals surface area (Å²) in [5, 5.41) is 14.1. The van der Waals surface area contributed by atoms with Gasteiger partial charge in [-0.25, -0.2) is 0 Å². The SMILES string of the molecule is COCCNCC(O)Cc1c(Cl)cccc1Cl. The molecule has 1 rings (SSSR count). The molecule has 0 saturated heterocycles. The van der Waals surface area contributed by atoms with Crippen molar-refractivity contribution in [2.45, 2.75) is 12.5 Å². The molecule has 1 aromatic carbocycles. The normalized spacial score (nSPS) is 12.7. The third-order valence-corrected chi connectivity index (χ3v) is 3.07. The number of rotatable bonds is 7. The van der Waals surface area contributed by atoms with Gasteiger partial charge in [-0.2, -0.15) is 0 Å². The van der Waals surface area contributed by atoms with Crippen LogP contribution < -0.4 is 5.32 Å². The molecule has 0 aliphatic rings. The molecule has 0 aliphatic heterocycles. The summed E-state index contributed by atoms with van der Waals surface area (Å²) < 4.78 is 4.89. The van der Waals surface area contributed by atoms with Crippen LogP contribution in [0, 0.1) is 0 Å². The minimum absolute atomic E-state index is 0.443. The number of halogens is 2. The number of nitrogens with one attached hydrogen (secondary N) is 1. The van der Waals surface area contributed by atoms with Gasteiger partial charge in [0.1, 0.15) is 0 Å². The van der Waals surface area contributed by atoms with Crippen molar-refractivity contribution in [2.24, 2.45) is 0 Å². The van der Waals surface area contributed by atoms with Gasteiger partial charge in [-0.3, -0.25) is 0 Å². The van der Waals surface area contributed by atoms with E-state index in [1.807, 2.05) is 0 Å². The molecule has 0 amide bonds. The molecule has 2 N–H and O–H groups in total. The van der Waals surface area contributed by atoms with E-state index in [0.29, 0.717) is 36.2 Å². The van der Waals surface area contributed by atoms with Gasteiger partial charge < -0.3 is 15.2 Å². The largest absolute Gasteiger partial charge is 0.391 e. The zero-order valence-corrected chi connectivity index (χ0v) is 11.3. The van der Waals surface area contributed by atoms with Gasteiger partial charge in [0.05, 0.1) is 12.7 Å². The monoisotopic (exact) mass is 277 g/mol. The van der Waals surface area contributed by atoms with Gasteiger partial charge >= 0.3 is 0 Å². The van der Waals surface area contributed by atoms with E-state index in [1.165, 1.54) is 0 Å². The molecule has 0 saturated carbocycles. The first-order chi connectivity index (χ1) is 8.15. The van der Waals surface area contributed by atoms with E-state index in [-0.39, 0.29) is 0 Å². The van der Waals surface area contributed by atoms with Gasteiger partial charge in [0.15, 0.2) is 0 Å². The van der Waals surface area contributed by atoms with Gasteiger partial charge in [0, 0.05) is 36.7 Å². The van der Waals surface area contributed by atoms with E-state index in [1.54, 1.807) is 25.3 Å². The molecule has 17 heavy (non-hydrogen) atoms. The fourth-order valence-electron chi connectivity index (χ4n) is 1.48. The van der Waals surface area contributed by atoms with Crippen molar-refractivity contribution in [3.05, 3.63) is 33.8 Å². The van der Waals surface area contributed by atoms with E-state index in [9.17, 15) is 5.11 Å². The predicted octanol–water partition coefficient (Wildman–Crippen LogP) is 2.13. The Balaban J connectivity index is 2.42. The summed E-state index contributed by atoms with van der Waals surface area (Å²) in [6, 6.07) is 5.33. The molecule has 1 atom stereocenters. The smallest absolute Gasteiger partial charge is 0.0705 e.